The average Bonchev–Trinajstić information content (AvgIpc) is 3.58. The molecule has 4 aromatic rings. The quantitative estimate of drug-likeness (QED) is 0.396. The summed E-state index contributed by atoms with van der Waals surface area (Å²) in [7, 11) is 1.58. The summed E-state index contributed by atoms with van der Waals surface area (Å²) in [6.07, 6.45) is -1.91. The third kappa shape index (κ3) is 3.84. The summed E-state index contributed by atoms with van der Waals surface area (Å²) in [5.41, 5.74) is 0.0924. The van der Waals surface area contributed by atoms with Crippen LogP contribution in [-0.4, -0.2) is 39.1 Å². The van der Waals surface area contributed by atoms with E-state index in [0.717, 1.165) is 24.5 Å². The van der Waals surface area contributed by atoms with Crippen LogP contribution in [0, 0.1) is 0 Å². The van der Waals surface area contributed by atoms with Crippen molar-refractivity contribution in [2.24, 2.45) is 0 Å². The number of rotatable bonds is 4. The Morgan fingerprint density at radius 1 is 1.21 bits per heavy atom. The van der Waals surface area contributed by atoms with Gasteiger partial charge in [0.05, 0.1) is 29.9 Å². The van der Waals surface area contributed by atoms with Gasteiger partial charge in [0.25, 0.3) is 5.91 Å². The number of aromatic nitrogens is 3. The zero-order valence-corrected chi connectivity index (χ0v) is 18.4. The summed E-state index contributed by atoms with van der Waals surface area (Å²) in [5.74, 6) is 0.328. The molecule has 0 bridgehead atoms. The number of hydrogen-bond acceptors (Lipinski definition) is 5. The number of carbonyl (C=O) groups is 1. The number of fused-ring (bicyclic) bond motifs is 1. The molecule has 1 aliphatic heterocycles. The average molecular weight is 472 g/mol. The summed E-state index contributed by atoms with van der Waals surface area (Å²) in [6.45, 7) is 0.504. The van der Waals surface area contributed by atoms with E-state index < -0.39 is 11.9 Å². The standard InChI is InChI=1S/C23H19F3N4O2S/c1-32-15-8-6-14(7-9-15)18-4-2-10-29(18)22(31)16-13-27-30-20(23(24,25)26)12-17(28-21(16)30)19-5-3-11-33-19/h3,5-9,11-13,18H,2,4,10H2,1H3/t18-/m1/s1. The number of likely N-dealkylation sites (tertiary alicyclic amines) is 1. The van der Waals surface area contributed by atoms with Crippen LogP contribution in [0.15, 0.2) is 54.0 Å². The topological polar surface area (TPSA) is 59.7 Å². The van der Waals surface area contributed by atoms with Crippen LogP contribution in [0.25, 0.3) is 16.2 Å². The second kappa shape index (κ2) is 8.18. The molecule has 10 heteroatoms. The van der Waals surface area contributed by atoms with E-state index >= 15 is 0 Å². The van der Waals surface area contributed by atoms with Crippen LogP contribution in [0.1, 0.15) is 40.5 Å². The maximum atomic E-state index is 13.8. The van der Waals surface area contributed by atoms with Crippen LogP contribution in [-0.2, 0) is 6.18 Å². The molecule has 1 atom stereocenters. The van der Waals surface area contributed by atoms with Gasteiger partial charge in [0, 0.05) is 6.54 Å². The van der Waals surface area contributed by atoms with E-state index in [0.29, 0.717) is 21.7 Å². The Morgan fingerprint density at radius 3 is 2.67 bits per heavy atom. The molecule has 33 heavy (non-hydrogen) atoms. The predicted octanol–water partition coefficient (Wildman–Crippen LogP) is 5.46. The normalized spacial score (nSPS) is 16.5. The molecular formula is C23H19F3N4O2S. The van der Waals surface area contributed by atoms with Crippen LogP contribution < -0.4 is 4.74 Å². The smallest absolute Gasteiger partial charge is 0.433 e. The first kappa shape index (κ1) is 21.4. The van der Waals surface area contributed by atoms with Crippen molar-refractivity contribution in [3.63, 3.8) is 0 Å². The molecule has 0 N–H and O–H groups in total. The molecule has 0 unspecified atom stereocenters. The highest BCUT2D eigenvalue weighted by Crippen LogP contribution is 2.36. The zero-order chi connectivity index (χ0) is 23.2. The zero-order valence-electron chi connectivity index (χ0n) is 17.5. The van der Waals surface area contributed by atoms with Crippen LogP contribution in [0.3, 0.4) is 0 Å². The van der Waals surface area contributed by atoms with Crippen LogP contribution in [0.5, 0.6) is 5.75 Å². The lowest BCUT2D eigenvalue weighted by Gasteiger charge is -2.25. The number of halogens is 3. The van der Waals surface area contributed by atoms with Gasteiger partial charge in [0.15, 0.2) is 11.3 Å². The van der Waals surface area contributed by atoms with Crippen molar-refractivity contribution in [2.45, 2.75) is 25.1 Å². The van der Waals surface area contributed by atoms with E-state index in [4.69, 9.17) is 4.74 Å². The van der Waals surface area contributed by atoms with Gasteiger partial charge in [-0.05, 0) is 48.1 Å². The highest BCUT2D eigenvalue weighted by atomic mass is 32.1. The minimum Gasteiger partial charge on any atom is -0.497 e. The molecule has 4 heterocycles. The first-order valence-corrected chi connectivity index (χ1v) is 11.2. The minimum atomic E-state index is -4.65. The number of hydrogen-bond donors (Lipinski definition) is 0. The lowest BCUT2D eigenvalue weighted by molar-refractivity contribution is -0.142. The summed E-state index contributed by atoms with van der Waals surface area (Å²) in [5, 5.41) is 5.66. The first-order chi connectivity index (χ1) is 15.9. The Labute approximate surface area is 191 Å². The molecule has 1 amide bonds. The van der Waals surface area contributed by atoms with Crippen molar-refractivity contribution >= 4 is 22.9 Å². The molecule has 0 saturated carbocycles. The summed E-state index contributed by atoms with van der Waals surface area (Å²) in [4.78, 5) is 20.2. The number of nitrogens with zero attached hydrogens (tertiary/aromatic N) is 4. The van der Waals surface area contributed by atoms with E-state index in [2.05, 4.69) is 10.1 Å². The number of alkyl halides is 3. The number of amides is 1. The van der Waals surface area contributed by atoms with E-state index in [-0.39, 0.29) is 28.9 Å². The predicted molar refractivity (Wildman–Crippen MR) is 117 cm³/mol. The highest BCUT2D eigenvalue weighted by molar-refractivity contribution is 7.13. The highest BCUT2D eigenvalue weighted by Gasteiger charge is 2.37. The van der Waals surface area contributed by atoms with Crippen LogP contribution in [0.2, 0.25) is 0 Å². The van der Waals surface area contributed by atoms with Gasteiger partial charge in [-0.3, -0.25) is 4.79 Å². The SMILES string of the molecule is COc1ccc([C@H]2CCCN2C(=O)c2cnn3c(C(F)(F)F)cc(-c4cccs4)nc23)cc1. The van der Waals surface area contributed by atoms with Gasteiger partial charge in [0.2, 0.25) is 0 Å². The van der Waals surface area contributed by atoms with E-state index in [1.54, 1.807) is 29.5 Å². The van der Waals surface area contributed by atoms with Crippen LogP contribution in [0.4, 0.5) is 13.2 Å². The molecule has 1 saturated heterocycles. The summed E-state index contributed by atoms with van der Waals surface area (Å²) < 4.78 is 47.3. The van der Waals surface area contributed by atoms with Crippen molar-refractivity contribution < 1.29 is 22.7 Å². The number of benzene rings is 1. The number of thiophene rings is 1. The first-order valence-electron chi connectivity index (χ1n) is 10.3. The Hall–Kier alpha value is -3.40. The Morgan fingerprint density at radius 2 is 2.00 bits per heavy atom. The van der Waals surface area contributed by atoms with E-state index in [1.165, 1.54) is 17.5 Å². The van der Waals surface area contributed by atoms with Crippen molar-refractivity contribution in [2.75, 3.05) is 13.7 Å². The molecule has 5 rings (SSSR count). The largest absolute Gasteiger partial charge is 0.497 e. The molecule has 0 aliphatic carbocycles. The van der Waals surface area contributed by atoms with Crippen molar-refractivity contribution in [3.05, 3.63) is 70.9 Å². The van der Waals surface area contributed by atoms with Gasteiger partial charge >= 0.3 is 6.18 Å². The van der Waals surface area contributed by atoms with E-state index in [1.807, 2.05) is 24.3 Å². The lowest BCUT2D eigenvalue weighted by atomic mass is 10.0. The second-order valence-corrected chi connectivity index (χ2v) is 8.67. The maximum Gasteiger partial charge on any atom is 0.433 e. The fraction of sp³-hybridized carbons (Fsp3) is 0.261. The van der Waals surface area contributed by atoms with Crippen molar-refractivity contribution in [1.29, 1.82) is 0 Å². The molecule has 0 spiro atoms. The van der Waals surface area contributed by atoms with Gasteiger partial charge in [-0.25, -0.2) is 9.50 Å². The molecule has 6 nitrogen and oxygen atoms in total. The number of methoxy groups -OCH3 is 1. The molecule has 1 aliphatic rings. The summed E-state index contributed by atoms with van der Waals surface area (Å²) >= 11 is 1.28. The third-order valence-electron chi connectivity index (χ3n) is 5.78. The molecule has 170 valence electrons. The fourth-order valence-corrected chi connectivity index (χ4v) is 4.89. The van der Waals surface area contributed by atoms with Crippen molar-refractivity contribution in [1.82, 2.24) is 19.5 Å². The Balaban J connectivity index is 1.57. The van der Waals surface area contributed by atoms with E-state index in [9.17, 15) is 18.0 Å². The fourth-order valence-electron chi connectivity index (χ4n) is 4.20. The maximum absolute atomic E-state index is 13.8. The second-order valence-electron chi connectivity index (χ2n) is 7.73. The Kier molecular flexibility index (Phi) is 5.32. The van der Waals surface area contributed by atoms with Gasteiger partial charge in [-0.15, -0.1) is 11.3 Å². The van der Waals surface area contributed by atoms with Gasteiger partial charge in [-0.1, -0.05) is 18.2 Å². The van der Waals surface area contributed by atoms with Crippen molar-refractivity contribution in [3.8, 4) is 16.3 Å². The Bertz CT molecular complexity index is 1300. The molecule has 1 aromatic carbocycles. The van der Waals surface area contributed by atoms with Gasteiger partial charge in [0.1, 0.15) is 11.3 Å². The van der Waals surface area contributed by atoms with Gasteiger partial charge in [-0.2, -0.15) is 18.3 Å². The molecule has 3 aromatic heterocycles. The lowest BCUT2D eigenvalue weighted by Crippen LogP contribution is -2.30. The van der Waals surface area contributed by atoms with Crippen LogP contribution >= 0.6 is 11.3 Å². The summed E-state index contributed by atoms with van der Waals surface area (Å²) in [6, 6.07) is 11.7. The van der Waals surface area contributed by atoms with Gasteiger partial charge < -0.3 is 9.64 Å². The monoisotopic (exact) mass is 472 g/mol. The minimum absolute atomic E-state index is 0.0549. The molecular weight excluding hydrogens is 453 g/mol. The molecule has 0 radical (unpaired) electrons. The molecule has 1 fully saturated rings. The third-order valence-corrected chi connectivity index (χ3v) is 6.67. The number of carbonyl (C=O) groups excluding carboxylic acids is 1. The number of ether oxygens (including phenoxy) is 1.